The summed E-state index contributed by atoms with van der Waals surface area (Å²) in [6.45, 7) is 0. The molecule has 1 fully saturated rings. The van der Waals surface area contributed by atoms with Crippen LogP contribution in [0.4, 0.5) is 0 Å². The molecular weight excluding hydrogens is 212 g/mol. The van der Waals surface area contributed by atoms with Crippen LogP contribution in [0.1, 0.15) is 30.1 Å². The fourth-order valence-corrected chi connectivity index (χ4v) is 2.94. The molecule has 5 heteroatoms. The summed E-state index contributed by atoms with van der Waals surface area (Å²) in [7, 11) is 0. The molecular formula is C10H14N2O2S. The standard InChI is InChI=1S/C10H14N2O2S/c13-10(14)6-8-5-9(12-11-8)7-1-3-15-4-2-7/h5,7H,1-4,6H2,(H,11,12)(H,13,14). The lowest BCUT2D eigenvalue weighted by Crippen LogP contribution is -2.08. The second-order valence-corrected chi connectivity index (χ2v) is 5.00. The Hall–Kier alpha value is -0.970. The number of rotatable bonds is 3. The highest BCUT2D eigenvalue weighted by atomic mass is 32.2. The van der Waals surface area contributed by atoms with Gasteiger partial charge in [-0.15, -0.1) is 0 Å². The summed E-state index contributed by atoms with van der Waals surface area (Å²) < 4.78 is 0. The van der Waals surface area contributed by atoms with Crippen molar-refractivity contribution in [2.75, 3.05) is 11.5 Å². The van der Waals surface area contributed by atoms with Gasteiger partial charge in [0, 0.05) is 11.6 Å². The number of hydrogen-bond acceptors (Lipinski definition) is 3. The van der Waals surface area contributed by atoms with Gasteiger partial charge in [-0.05, 0) is 30.4 Å². The SMILES string of the molecule is O=C(O)Cc1cc(C2CCSCC2)n[nH]1. The number of carbonyl (C=O) groups is 1. The average molecular weight is 226 g/mol. The molecule has 1 aliphatic rings. The molecule has 2 N–H and O–H groups in total. The molecule has 0 aliphatic carbocycles. The smallest absolute Gasteiger partial charge is 0.309 e. The van der Waals surface area contributed by atoms with Crippen molar-refractivity contribution in [1.29, 1.82) is 0 Å². The number of hydrogen-bond donors (Lipinski definition) is 2. The van der Waals surface area contributed by atoms with Gasteiger partial charge in [-0.2, -0.15) is 16.9 Å². The zero-order valence-corrected chi connectivity index (χ0v) is 9.22. The minimum Gasteiger partial charge on any atom is -0.481 e. The van der Waals surface area contributed by atoms with Crippen LogP contribution < -0.4 is 0 Å². The van der Waals surface area contributed by atoms with Crippen LogP contribution >= 0.6 is 11.8 Å². The Morgan fingerprint density at radius 3 is 3.00 bits per heavy atom. The third-order valence-corrected chi connectivity index (χ3v) is 3.68. The van der Waals surface area contributed by atoms with E-state index in [9.17, 15) is 4.79 Å². The second kappa shape index (κ2) is 4.70. The molecule has 1 saturated heterocycles. The highest BCUT2D eigenvalue weighted by Crippen LogP contribution is 2.30. The van der Waals surface area contributed by atoms with E-state index in [0.29, 0.717) is 11.6 Å². The van der Waals surface area contributed by atoms with Crippen molar-refractivity contribution < 1.29 is 9.90 Å². The minimum atomic E-state index is -0.815. The van der Waals surface area contributed by atoms with Crippen molar-refractivity contribution in [2.24, 2.45) is 0 Å². The molecule has 0 saturated carbocycles. The van der Waals surface area contributed by atoms with E-state index in [4.69, 9.17) is 5.11 Å². The first-order valence-electron chi connectivity index (χ1n) is 5.09. The Kier molecular flexibility index (Phi) is 3.30. The fraction of sp³-hybridized carbons (Fsp3) is 0.600. The summed E-state index contributed by atoms with van der Waals surface area (Å²) >= 11 is 1.98. The van der Waals surface area contributed by atoms with Crippen LogP contribution in [-0.2, 0) is 11.2 Å². The van der Waals surface area contributed by atoms with Gasteiger partial charge in [-0.3, -0.25) is 9.89 Å². The van der Waals surface area contributed by atoms with Crippen LogP contribution in [0.15, 0.2) is 6.07 Å². The van der Waals surface area contributed by atoms with Gasteiger partial charge in [0.25, 0.3) is 0 Å². The monoisotopic (exact) mass is 226 g/mol. The van der Waals surface area contributed by atoms with E-state index in [2.05, 4.69) is 10.2 Å². The van der Waals surface area contributed by atoms with Gasteiger partial charge in [0.05, 0.1) is 12.1 Å². The van der Waals surface area contributed by atoms with E-state index < -0.39 is 5.97 Å². The second-order valence-electron chi connectivity index (χ2n) is 3.78. The molecule has 1 aliphatic heterocycles. The van der Waals surface area contributed by atoms with E-state index in [1.807, 2.05) is 17.8 Å². The van der Waals surface area contributed by atoms with Gasteiger partial charge in [0.1, 0.15) is 0 Å². The molecule has 2 rings (SSSR count). The number of nitrogens with zero attached hydrogens (tertiary/aromatic N) is 1. The number of carboxylic acids is 1. The average Bonchev–Trinajstić information content (AvgIpc) is 2.67. The zero-order chi connectivity index (χ0) is 10.7. The summed E-state index contributed by atoms with van der Waals surface area (Å²) in [4.78, 5) is 10.5. The Bertz CT molecular complexity index is 345. The lowest BCUT2D eigenvalue weighted by Gasteiger charge is -2.18. The van der Waals surface area contributed by atoms with Crippen LogP contribution in [0.25, 0.3) is 0 Å². The molecule has 0 spiro atoms. The van der Waals surface area contributed by atoms with Crippen molar-refractivity contribution in [3.05, 3.63) is 17.5 Å². The van der Waals surface area contributed by atoms with Gasteiger partial charge < -0.3 is 5.11 Å². The van der Waals surface area contributed by atoms with Crippen LogP contribution in [-0.4, -0.2) is 32.8 Å². The molecule has 4 nitrogen and oxygen atoms in total. The van der Waals surface area contributed by atoms with Crippen LogP contribution in [0, 0.1) is 0 Å². The highest BCUT2D eigenvalue weighted by molar-refractivity contribution is 7.99. The molecule has 0 aromatic carbocycles. The predicted octanol–water partition coefficient (Wildman–Crippen LogP) is 1.65. The van der Waals surface area contributed by atoms with Gasteiger partial charge in [-0.25, -0.2) is 0 Å². The van der Waals surface area contributed by atoms with Crippen molar-refractivity contribution in [1.82, 2.24) is 10.2 Å². The number of nitrogens with one attached hydrogen (secondary N) is 1. The van der Waals surface area contributed by atoms with Crippen molar-refractivity contribution >= 4 is 17.7 Å². The summed E-state index contributed by atoms with van der Waals surface area (Å²) in [6.07, 6.45) is 2.35. The Morgan fingerprint density at radius 1 is 1.60 bits per heavy atom. The van der Waals surface area contributed by atoms with E-state index in [-0.39, 0.29) is 6.42 Å². The first-order chi connectivity index (χ1) is 7.25. The molecule has 0 bridgehead atoms. The zero-order valence-electron chi connectivity index (χ0n) is 8.40. The molecule has 15 heavy (non-hydrogen) atoms. The van der Waals surface area contributed by atoms with E-state index in [0.717, 1.165) is 18.5 Å². The van der Waals surface area contributed by atoms with Crippen LogP contribution in [0.3, 0.4) is 0 Å². The molecule has 1 aromatic rings. The minimum absolute atomic E-state index is 0.0362. The van der Waals surface area contributed by atoms with Gasteiger partial charge in [0.15, 0.2) is 0 Å². The Balaban J connectivity index is 2.02. The highest BCUT2D eigenvalue weighted by Gasteiger charge is 2.18. The lowest BCUT2D eigenvalue weighted by atomic mass is 9.99. The number of thioether (sulfide) groups is 1. The molecule has 82 valence electrons. The first kappa shape index (κ1) is 10.5. The topological polar surface area (TPSA) is 66.0 Å². The number of H-pyrrole nitrogens is 1. The maximum Gasteiger partial charge on any atom is 0.309 e. The fourth-order valence-electron chi connectivity index (χ4n) is 1.84. The summed E-state index contributed by atoms with van der Waals surface area (Å²) in [5.74, 6) is 2.08. The van der Waals surface area contributed by atoms with Crippen LogP contribution in [0.2, 0.25) is 0 Å². The molecule has 0 atom stereocenters. The normalized spacial score (nSPS) is 17.9. The summed E-state index contributed by atoms with van der Waals surface area (Å²) in [5, 5.41) is 15.6. The van der Waals surface area contributed by atoms with E-state index >= 15 is 0 Å². The molecule has 0 radical (unpaired) electrons. The lowest BCUT2D eigenvalue weighted by molar-refractivity contribution is -0.136. The molecule has 2 heterocycles. The molecule has 0 amide bonds. The van der Waals surface area contributed by atoms with Crippen molar-refractivity contribution in [2.45, 2.75) is 25.2 Å². The van der Waals surface area contributed by atoms with Gasteiger partial charge in [-0.1, -0.05) is 0 Å². The van der Waals surface area contributed by atoms with Gasteiger partial charge in [0.2, 0.25) is 0 Å². The third kappa shape index (κ3) is 2.75. The van der Waals surface area contributed by atoms with Crippen LogP contribution in [0.5, 0.6) is 0 Å². The first-order valence-corrected chi connectivity index (χ1v) is 6.25. The summed E-state index contributed by atoms with van der Waals surface area (Å²) in [5.41, 5.74) is 1.74. The Labute approximate surface area is 92.5 Å². The summed E-state index contributed by atoms with van der Waals surface area (Å²) in [6, 6.07) is 1.90. The van der Waals surface area contributed by atoms with Crippen molar-refractivity contribution in [3.8, 4) is 0 Å². The van der Waals surface area contributed by atoms with E-state index in [1.165, 1.54) is 11.5 Å². The quantitative estimate of drug-likeness (QED) is 0.822. The van der Waals surface area contributed by atoms with Crippen molar-refractivity contribution in [3.63, 3.8) is 0 Å². The molecule has 0 unspecified atom stereocenters. The maximum atomic E-state index is 10.5. The molecule has 1 aromatic heterocycles. The number of aliphatic carboxylic acids is 1. The third-order valence-electron chi connectivity index (χ3n) is 2.63. The van der Waals surface area contributed by atoms with E-state index in [1.54, 1.807) is 0 Å². The number of aromatic nitrogens is 2. The largest absolute Gasteiger partial charge is 0.481 e. The predicted molar refractivity (Wildman–Crippen MR) is 59.2 cm³/mol. The Morgan fingerprint density at radius 2 is 2.33 bits per heavy atom. The number of carboxylic acid groups (broad SMARTS) is 1. The van der Waals surface area contributed by atoms with Gasteiger partial charge >= 0.3 is 5.97 Å². The maximum absolute atomic E-state index is 10.5. The number of aromatic amines is 1.